The molecule has 0 atom stereocenters. The summed E-state index contributed by atoms with van der Waals surface area (Å²) in [6.07, 6.45) is 1.69. The number of rotatable bonds is 6. The third-order valence-corrected chi connectivity index (χ3v) is 5.26. The van der Waals surface area contributed by atoms with E-state index in [9.17, 15) is 9.90 Å². The molecule has 2 heterocycles. The molecule has 0 radical (unpaired) electrons. The van der Waals surface area contributed by atoms with E-state index < -0.39 is 0 Å². The van der Waals surface area contributed by atoms with Crippen LogP contribution in [-0.2, 0) is 24.9 Å². The molecule has 156 valence electrons. The molecule has 0 bridgehead atoms. The Kier molecular flexibility index (Phi) is 6.23. The van der Waals surface area contributed by atoms with E-state index in [1.807, 2.05) is 36.4 Å². The lowest BCUT2D eigenvalue weighted by molar-refractivity contribution is 0.0342. The number of aryl methyl sites for hydroxylation is 1. The van der Waals surface area contributed by atoms with Gasteiger partial charge < -0.3 is 19.7 Å². The minimum Gasteiger partial charge on any atom is -0.392 e. The van der Waals surface area contributed by atoms with E-state index in [0.29, 0.717) is 5.69 Å². The molecule has 7 nitrogen and oxygen atoms in total. The molecule has 0 aliphatic carbocycles. The number of ether oxygens (including phenoxy) is 1. The first kappa shape index (κ1) is 20.3. The summed E-state index contributed by atoms with van der Waals surface area (Å²) in [5.41, 5.74) is 4.01. The molecular weight excluding hydrogens is 380 g/mol. The van der Waals surface area contributed by atoms with Gasteiger partial charge in [0.1, 0.15) is 0 Å². The molecule has 0 amide bonds. The van der Waals surface area contributed by atoms with Gasteiger partial charge in [-0.15, -0.1) is 0 Å². The van der Waals surface area contributed by atoms with Crippen LogP contribution in [0.3, 0.4) is 0 Å². The average Bonchev–Trinajstić information content (AvgIpc) is 2.78. The van der Waals surface area contributed by atoms with Crippen molar-refractivity contribution in [2.24, 2.45) is 7.05 Å². The van der Waals surface area contributed by atoms with Gasteiger partial charge >= 0.3 is 0 Å². The number of hydrogen-bond donors (Lipinski definition) is 2. The van der Waals surface area contributed by atoms with Crippen molar-refractivity contribution in [1.29, 1.82) is 0 Å². The lowest BCUT2D eigenvalue weighted by Gasteiger charge is -2.26. The molecular formula is C23H26N4O3. The number of aliphatic hydroxyl groups is 1. The molecule has 3 aromatic rings. The second-order valence-corrected chi connectivity index (χ2v) is 7.42. The molecule has 2 N–H and O–H groups in total. The van der Waals surface area contributed by atoms with E-state index in [4.69, 9.17) is 4.74 Å². The molecule has 0 spiro atoms. The molecule has 30 heavy (non-hydrogen) atoms. The lowest BCUT2D eigenvalue weighted by atomic mass is 10.1. The maximum Gasteiger partial charge on any atom is 0.293 e. The fraction of sp³-hybridized carbons (Fsp3) is 0.304. The van der Waals surface area contributed by atoms with Crippen LogP contribution in [-0.4, -0.2) is 45.9 Å². The summed E-state index contributed by atoms with van der Waals surface area (Å²) in [5.74, 6) is 0.253. The highest BCUT2D eigenvalue weighted by atomic mass is 16.5. The van der Waals surface area contributed by atoms with Crippen molar-refractivity contribution >= 4 is 11.5 Å². The zero-order valence-electron chi connectivity index (χ0n) is 17.0. The largest absolute Gasteiger partial charge is 0.392 e. The molecule has 4 rings (SSSR count). The highest BCUT2D eigenvalue weighted by molar-refractivity contribution is 5.66. The molecule has 1 aliphatic rings. The van der Waals surface area contributed by atoms with Crippen LogP contribution in [0.1, 0.15) is 11.1 Å². The Hall–Kier alpha value is -3.00. The smallest absolute Gasteiger partial charge is 0.293 e. The van der Waals surface area contributed by atoms with Crippen LogP contribution in [0.15, 0.2) is 59.5 Å². The van der Waals surface area contributed by atoms with Gasteiger partial charge in [-0.3, -0.25) is 9.69 Å². The van der Waals surface area contributed by atoms with E-state index in [1.165, 1.54) is 10.1 Å². The number of aromatic nitrogens is 2. The van der Waals surface area contributed by atoms with Crippen molar-refractivity contribution in [2.45, 2.75) is 13.2 Å². The topological polar surface area (TPSA) is 79.6 Å². The summed E-state index contributed by atoms with van der Waals surface area (Å²) in [4.78, 5) is 19.5. The van der Waals surface area contributed by atoms with Gasteiger partial charge in [0.2, 0.25) is 0 Å². The van der Waals surface area contributed by atoms with E-state index in [0.717, 1.165) is 49.7 Å². The summed E-state index contributed by atoms with van der Waals surface area (Å²) in [6, 6.07) is 15.6. The lowest BCUT2D eigenvalue weighted by Crippen LogP contribution is -2.35. The molecule has 1 saturated heterocycles. The van der Waals surface area contributed by atoms with Crippen LogP contribution >= 0.6 is 0 Å². The fourth-order valence-electron chi connectivity index (χ4n) is 3.57. The Morgan fingerprint density at radius 1 is 1.10 bits per heavy atom. The average molecular weight is 406 g/mol. The Balaban J connectivity index is 1.55. The first-order valence-electron chi connectivity index (χ1n) is 10.1. The maximum absolute atomic E-state index is 12.6. The van der Waals surface area contributed by atoms with E-state index >= 15 is 0 Å². The summed E-state index contributed by atoms with van der Waals surface area (Å²) >= 11 is 0. The van der Waals surface area contributed by atoms with E-state index in [1.54, 1.807) is 13.2 Å². The molecule has 1 aliphatic heterocycles. The third kappa shape index (κ3) is 4.59. The monoisotopic (exact) mass is 406 g/mol. The minimum absolute atomic E-state index is 0.0892. The van der Waals surface area contributed by atoms with Gasteiger partial charge in [-0.25, -0.2) is 4.98 Å². The van der Waals surface area contributed by atoms with Gasteiger partial charge in [0.15, 0.2) is 5.82 Å². The number of anilines is 2. The zero-order chi connectivity index (χ0) is 20.9. The summed E-state index contributed by atoms with van der Waals surface area (Å²) < 4.78 is 6.90. The molecule has 0 saturated carbocycles. The molecule has 7 heteroatoms. The Bertz CT molecular complexity index is 1060. The summed E-state index contributed by atoms with van der Waals surface area (Å²) in [5, 5.41) is 12.8. The molecule has 1 aromatic heterocycles. The maximum atomic E-state index is 12.6. The van der Waals surface area contributed by atoms with Crippen LogP contribution in [0.2, 0.25) is 0 Å². The number of aliphatic hydroxyl groups excluding tert-OH is 1. The number of morpholine rings is 1. The first-order valence-corrected chi connectivity index (χ1v) is 10.1. The normalized spacial score (nSPS) is 14.6. The van der Waals surface area contributed by atoms with E-state index in [-0.39, 0.29) is 18.0 Å². The molecule has 0 unspecified atom stereocenters. The number of nitrogens with zero attached hydrogens (tertiary/aromatic N) is 3. The zero-order valence-corrected chi connectivity index (χ0v) is 17.0. The summed E-state index contributed by atoms with van der Waals surface area (Å²) in [7, 11) is 1.70. The van der Waals surface area contributed by atoms with Crippen molar-refractivity contribution in [3.63, 3.8) is 0 Å². The second kappa shape index (κ2) is 9.21. The molecule has 2 aromatic carbocycles. The predicted molar refractivity (Wildman–Crippen MR) is 117 cm³/mol. The SMILES string of the molecule is Cn1cc(-c2ccccc2CO)nc(Nc2ccc(CN3CCOCC3)cc2)c1=O. The highest BCUT2D eigenvalue weighted by Gasteiger charge is 2.13. The van der Waals surface area contributed by atoms with Crippen LogP contribution in [0, 0.1) is 0 Å². The quantitative estimate of drug-likeness (QED) is 0.655. The van der Waals surface area contributed by atoms with Crippen LogP contribution in [0.25, 0.3) is 11.3 Å². The van der Waals surface area contributed by atoms with Gasteiger partial charge in [-0.2, -0.15) is 0 Å². The van der Waals surface area contributed by atoms with Crippen LogP contribution < -0.4 is 10.9 Å². The van der Waals surface area contributed by atoms with Gasteiger partial charge in [0.25, 0.3) is 5.56 Å². The van der Waals surface area contributed by atoms with Crippen molar-refractivity contribution in [1.82, 2.24) is 14.5 Å². The predicted octanol–water partition coefficient (Wildman–Crippen LogP) is 2.52. The van der Waals surface area contributed by atoms with Gasteiger partial charge in [0, 0.05) is 44.1 Å². The second-order valence-electron chi connectivity index (χ2n) is 7.42. The Morgan fingerprint density at radius 3 is 2.57 bits per heavy atom. The number of nitrogens with one attached hydrogen (secondary N) is 1. The van der Waals surface area contributed by atoms with Crippen molar-refractivity contribution in [3.8, 4) is 11.3 Å². The van der Waals surface area contributed by atoms with Crippen molar-refractivity contribution in [2.75, 3.05) is 31.6 Å². The third-order valence-electron chi connectivity index (χ3n) is 5.26. The van der Waals surface area contributed by atoms with Gasteiger partial charge in [-0.1, -0.05) is 36.4 Å². The minimum atomic E-state index is -0.211. The summed E-state index contributed by atoms with van der Waals surface area (Å²) in [6.45, 7) is 4.25. The van der Waals surface area contributed by atoms with Gasteiger partial charge in [-0.05, 0) is 23.3 Å². The van der Waals surface area contributed by atoms with E-state index in [2.05, 4.69) is 27.3 Å². The Morgan fingerprint density at radius 2 is 1.83 bits per heavy atom. The first-order chi connectivity index (χ1) is 14.6. The van der Waals surface area contributed by atoms with Gasteiger partial charge in [0.05, 0.1) is 25.5 Å². The highest BCUT2D eigenvalue weighted by Crippen LogP contribution is 2.23. The van der Waals surface area contributed by atoms with Crippen molar-refractivity contribution in [3.05, 3.63) is 76.2 Å². The number of hydrogen-bond acceptors (Lipinski definition) is 6. The Labute approximate surface area is 175 Å². The fourth-order valence-corrected chi connectivity index (χ4v) is 3.57. The standard InChI is InChI=1S/C23H26N4O3/c1-26-15-21(20-5-3-2-4-18(20)16-28)25-22(23(26)29)24-19-8-6-17(7-9-19)14-27-10-12-30-13-11-27/h2-9,15,28H,10-14,16H2,1H3,(H,24,25). The number of benzene rings is 2. The van der Waals surface area contributed by atoms with Crippen LogP contribution in [0.4, 0.5) is 11.5 Å². The van der Waals surface area contributed by atoms with Crippen LogP contribution in [0.5, 0.6) is 0 Å². The van der Waals surface area contributed by atoms with Crippen molar-refractivity contribution < 1.29 is 9.84 Å². The molecule has 1 fully saturated rings.